The smallest absolute Gasteiger partial charge is 0.185 e. The average Bonchev–Trinajstić information content (AvgIpc) is 1.88. The van der Waals surface area contributed by atoms with Gasteiger partial charge in [0.05, 0.1) is 5.37 Å². The molecule has 52 valence electrons. The largest absolute Gasteiger partial charge is 0.214 e. The topological polar surface area (TPSA) is 34.1 Å². The fourth-order valence-electron chi connectivity index (χ4n) is 0.643. The third-order valence-electron chi connectivity index (χ3n) is 1.03. The Hall–Kier alpha value is -1.09. The molecule has 0 saturated carbocycles. The Bertz CT molecular complexity index is 316. The van der Waals surface area contributed by atoms with Gasteiger partial charge in [0, 0.05) is 0 Å². The van der Waals surface area contributed by atoms with Crippen molar-refractivity contribution in [3.8, 4) is 0 Å². The van der Waals surface area contributed by atoms with Crippen molar-refractivity contribution in [1.29, 1.82) is 0 Å². The van der Waals surface area contributed by atoms with Gasteiger partial charge in [-0.05, 0) is 5.56 Å². The van der Waals surface area contributed by atoms with Crippen LogP contribution in [0.3, 0.4) is 0 Å². The van der Waals surface area contributed by atoms with Crippen molar-refractivity contribution < 1.29 is 8.42 Å². The van der Waals surface area contributed by atoms with Crippen LogP contribution in [-0.4, -0.2) is 13.8 Å². The molecular formula is C7H6O2S. The molecule has 0 aromatic heterocycles. The van der Waals surface area contributed by atoms with Crippen LogP contribution in [0.25, 0.3) is 0 Å². The van der Waals surface area contributed by atoms with E-state index >= 15 is 0 Å². The zero-order valence-corrected chi connectivity index (χ0v) is 6.01. The van der Waals surface area contributed by atoms with E-state index in [4.69, 9.17) is 0 Å². The Balaban J connectivity index is 3.10. The molecule has 0 heterocycles. The molecule has 0 atom stereocenters. The molecule has 2 nitrogen and oxygen atoms in total. The summed E-state index contributed by atoms with van der Waals surface area (Å²) in [6.07, 6.45) is 0. The molecule has 0 aliphatic rings. The van der Waals surface area contributed by atoms with Crippen molar-refractivity contribution in [1.82, 2.24) is 0 Å². The van der Waals surface area contributed by atoms with Crippen molar-refractivity contribution in [2.45, 2.75) is 0 Å². The van der Waals surface area contributed by atoms with Crippen LogP contribution < -0.4 is 0 Å². The normalized spacial score (nSPS) is 8.80. The maximum Gasteiger partial charge on any atom is 0.214 e. The molecule has 0 amide bonds. The maximum atomic E-state index is 10.1. The summed E-state index contributed by atoms with van der Waals surface area (Å²) in [5, 5.41) is 1.17. The third-order valence-corrected chi connectivity index (χ3v) is 1.50. The molecule has 1 rings (SSSR count). The fourth-order valence-corrected chi connectivity index (χ4v) is 1.02. The minimum atomic E-state index is -2.09. The minimum absolute atomic E-state index is 0.704. The first-order valence-electron chi connectivity index (χ1n) is 2.77. The van der Waals surface area contributed by atoms with Crippen molar-refractivity contribution in [3.05, 3.63) is 35.9 Å². The van der Waals surface area contributed by atoms with Crippen molar-refractivity contribution in [2.24, 2.45) is 0 Å². The first-order chi connectivity index (χ1) is 4.79. The quantitative estimate of drug-likeness (QED) is 0.558. The lowest BCUT2D eigenvalue weighted by molar-refractivity contribution is 0.627. The fraction of sp³-hybridized carbons (Fsp3) is 0. The van der Waals surface area contributed by atoms with Crippen molar-refractivity contribution in [3.63, 3.8) is 0 Å². The lowest BCUT2D eigenvalue weighted by Crippen LogP contribution is -1.78. The van der Waals surface area contributed by atoms with E-state index < -0.39 is 10.3 Å². The van der Waals surface area contributed by atoms with Gasteiger partial charge in [-0.1, -0.05) is 30.3 Å². The summed E-state index contributed by atoms with van der Waals surface area (Å²) in [7, 11) is -2.09. The molecular weight excluding hydrogens is 148 g/mol. The molecule has 0 fully saturated rings. The van der Waals surface area contributed by atoms with E-state index in [1.165, 1.54) is 5.37 Å². The predicted molar refractivity (Wildman–Crippen MR) is 40.5 cm³/mol. The van der Waals surface area contributed by atoms with Crippen molar-refractivity contribution >= 4 is 15.7 Å². The standard InChI is InChI=1S/C7H6O2S/c8-10(9)6-7-4-2-1-3-5-7/h1-6H. The highest BCUT2D eigenvalue weighted by molar-refractivity contribution is 7.71. The molecule has 0 aliphatic heterocycles. The predicted octanol–water partition coefficient (Wildman–Crippen LogP) is 0.716. The summed E-state index contributed by atoms with van der Waals surface area (Å²) in [5.74, 6) is 0. The number of benzene rings is 1. The Labute approximate surface area is 60.7 Å². The minimum Gasteiger partial charge on any atom is -0.185 e. The van der Waals surface area contributed by atoms with Gasteiger partial charge in [0.25, 0.3) is 0 Å². The Morgan fingerprint density at radius 3 is 2.20 bits per heavy atom. The zero-order chi connectivity index (χ0) is 7.40. The van der Waals surface area contributed by atoms with Gasteiger partial charge >= 0.3 is 0 Å². The van der Waals surface area contributed by atoms with Crippen LogP contribution in [0.15, 0.2) is 30.3 Å². The van der Waals surface area contributed by atoms with E-state index in [1.807, 2.05) is 6.07 Å². The summed E-state index contributed by atoms with van der Waals surface area (Å²) in [6, 6.07) is 8.88. The van der Waals surface area contributed by atoms with Gasteiger partial charge in [-0.25, -0.2) is 0 Å². The zero-order valence-electron chi connectivity index (χ0n) is 5.19. The van der Waals surface area contributed by atoms with E-state index in [1.54, 1.807) is 24.3 Å². The lowest BCUT2D eigenvalue weighted by atomic mass is 10.2. The second-order valence-electron chi connectivity index (χ2n) is 1.79. The van der Waals surface area contributed by atoms with Gasteiger partial charge in [0.2, 0.25) is 10.3 Å². The average molecular weight is 154 g/mol. The first kappa shape index (κ1) is 7.02. The SMILES string of the molecule is O=S(=O)=Cc1ccccc1. The first-order valence-corrected chi connectivity index (χ1v) is 3.91. The van der Waals surface area contributed by atoms with Crippen molar-refractivity contribution in [2.75, 3.05) is 0 Å². The van der Waals surface area contributed by atoms with Gasteiger partial charge in [-0.15, -0.1) is 0 Å². The maximum absolute atomic E-state index is 10.1. The highest BCUT2D eigenvalue weighted by Gasteiger charge is 1.81. The van der Waals surface area contributed by atoms with Gasteiger partial charge in [0.15, 0.2) is 0 Å². The van der Waals surface area contributed by atoms with E-state index in [2.05, 4.69) is 0 Å². The summed E-state index contributed by atoms with van der Waals surface area (Å²) < 4.78 is 20.2. The van der Waals surface area contributed by atoms with Gasteiger partial charge in [0.1, 0.15) is 0 Å². The van der Waals surface area contributed by atoms with Crippen LogP contribution >= 0.6 is 0 Å². The number of hydrogen-bond acceptors (Lipinski definition) is 2. The summed E-state index contributed by atoms with van der Waals surface area (Å²) in [5.41, 5.74) is 0.704. The second-order valence-corrected chi connectivity index (χ2v) is 2.55. The summed E-state index contributed by atoms with van der Waals surface area (Å²) in [4.78, 5) is 0. The molecule has 1 aromatic carbocycles. The molecule has 0 N–H and O–H groups in total. The van der Waals surface area contributed by atoms with Crippen LogP contribution in [0, 0.1) is 0 Å². The molecule has 0 radical (unpaired) electrons. The van der Waals surface area contributed by atoms with Crippen LogP contribution in [0.2, 0.25) is 0 Å². The molecule has 0 spiro atoms. The third kappa shape index (κ3) is 2.03. The van der Waals surface area contributed by atoms with E-state index in [0.29, 0.717) is 5.56 Å². The molecule has 10 heavy (non-hydrogen) atoms. The molecule has 1 aromatic rings. The Morgan fingerprint density at radius 1 is 1.10 bits per heavy atom. The van der Waals surface area contributed by atoms with E-state index in [0.717, 1.165) is 0 Å². The molecule has 0 unspecified atom stereocenters. The van der Waals surface area contributed by atoms with Crippen LogP contribution in [0.5, 0.6) is 0 Å². The lowest BCUT2D eigenvalue weighted by Gasteiger charge is -1.83. The molecule has 0 saturated heterocycles. The van der Waals surface area contributed by atoms with Gasteiger partial charge in [-0.2, -0.15) is 8.42 Å². The van der Waals surface area contributed by atoms with E-state index in [-0.39, 0.29) is 0 Å². The Morgan fingerprint density at radius 2 is 1.70 bits per heavy atom. The molecule has 3 heteroatoms. The summed E-state index contributed by atoms with van der Waals surface area (Å²) in [6.45, 7) is 0. The van der Waals surface area contributed by atoms with Crippen LogP contribution in [0.4, 0.5) is 0 Å². The highest BCUT2D eigenvalue weighted by Crippen LogP contribution is 1.92. The van der Waals surface area contributed by atoms with Gasteiger partial charge < -0.3 is 0 Å². The number of rotatable bonds is 1. The second kappa shape index (κ2) is 3.17. The van der Waals surface area contributed by atoms with Gasteiger partial charge in [-0.3, -0.25) is 0 Å². The monoisotopic (exact) mass is 154 g/mol. The molecule has 0 bridgehead atoms. The Kier molecular flexibility index (Phi) is 2.23. The summed E-state index contributed by atoms with van der Waals surface area (Å²) >= 11 is 0. The number of hydrogen-bond donors (Lipinski definition) is 0. The van der Waals surface area contributed by atoms with Crippen LogP contribution in [0.1, 0.15) is 5.56 Å². The highest BCUT2D eigenvalue weighted by atomic mass is 32.2. The molecule has 0 aliphatic carbocycles. The van der Waals surface area contributed by atoms with Crippen LogP contribution in [-0.2, 0) is 10.3 Å². The van der Waals surface area contributed by atoms with E-state index in [9.17, 15) is 8.42 Å².